The van der Waals surface area contributed by atoms with Gasteiger partial charge < -0.3 is 0 Å². The topological polar surface area (TPSA) is 0 Å². The predicted octanol–water partition coefficient (Wildman–Crippen LogP) is 5.56. The van der Waals surface area contributed by atoms with Crippen molar-refractivity contribution < 1.29 is 4.39 Å². The van der Waals surface area contributed by atoms with E-state index < -0.39 is 0 Å². The number of hydrogen-bond acceptors (Lipinski definition) is 0. The first-order chi connectivity index (χ1) is 7.80. The first-order valence-corrected chi connectivity index (χ1v) is 7.11. The SMILES string of the molecule is CC(C)(C)C(Cl)CCCc1ccc(F)cc1Br. The quantitative estimate of drug-likeness (QED) is 0.636. The van der Waals surface area contributed by atoms with Gasteiger partial charge in [0, 0.05) is 9.85 Å². The van der Waals surface area contributed by atoms with E-state index in [1.807, 2.05) is 6.07 Å². The summed E-state index contributed by atoms with van der Waals surface area (Å²) in [5.74, 6) is -0.203. The van der Waals surface area contributed by atoms with Gasteiger partial charge >= 0.3 is 0 Å². The van der Waals surface area contributed by atoms with Crippen molar-refractivity contribution in [3.63, 3.8) is 0 Å². The molecule has 0 N–H and O–H groups in total. The Morgan fingerprint density at radius 3 is 2.53 bits per heavy atom. The fourth-order valence-corrected chi connectivity index (χ4v) is 2.33. The van der Waals surface area contributed by atoms with E-state index in [1.165, 1.54) is 12.1 Å². The molecule has 0 fully saturated rings. The minimum atomic E-state index is -0.203. The van der Waals surface area contributed by atoms with E-state index in [4.69, 9.17) is 11.6 Å². The molecule has 1 rings (SSSR count). The van der Waals surface area contributed by atoms with Crippen LogP contribution in [0.3, 0.4) is 0 Å². The van der Waals surface area contributed by atoms with E-state index in [-0.39, 0.29) is 16.6 Å². The summed E-state index contributed by atoms with van der Waals surface area (Å²) >= 11 is 9.70. The first-order valence-electron chi connectivity index (χ1n) is 5.88. The van der Waals surface area contributed by atoms with Crippen molar-refractivity contribution in [2.75, 3.05) is 0 Å². The van der Waals surface area contributed by atoms with Gasteiger partial charge in [0.1, 0.15) is 5.82 Å². The van der Waals surface area contributed by atoms with Crippen LogP contribution in [-0.4, -0.2) is 5.38 Å². The van der Waals surface area contributed by atoms with Gasteiger partial charge in [-0.2, -0.15) is 0 Å². The Bertz CT molecular complexity index is 371. The van der Waals surface area contributed by atoms with Crippen LogP contribution in [0.4, 0.5) is 4.39 Å². The summed E-state index contributed by atoms with van der Waals surface area (Å²) < 4.78 is 13.7. The molecule has 1 aromatic carbocycles. The van der Waals surface area contributed by atoms with Crippen LogP contribution in [0.1, 0.15) is 39.2 Å². The van der Waals surface area contributed by atoms with Gasteiger partial charge in [-0.1, -0.05) is 42.8 Å². The van der Waals surface area contributed by atoms with Crippen LogP contribution >= 0.6 is 27.5 Å². The highest BCUT2D eigenvalue weighted by Gasteiger charge is 2.21. The van der Waals surface area contributed by atoms with Crippen LogP contribution in [0.15, 0.2) is 22.7 Å². The Hall–Kier alpha value is -0.0800. The minimum absolute atomic E-state index is 0.140. The fraction of sp³-hybridized carbons (Fsp3) is 0.571. The second-order valence-corrected chi connectivity index (χ2v) is 6.84. The molecular formula is C14H19BrClF. The molecule has 0 bridgehead atoms. The molecule has 0 aliphatic carbocycles. The van der Waals surface area contributed by atoms with Gasteiger partial charge in [0.15, 0.2) is 0 Å². The Morgan fingerprint density at radius 2 is 2.00 bits per heavy atom. The lowest BCUT2D eigenvalue weighted by Crippen LogP contribution is -2.20. The van der Waals surface area contributed by atoms with Crippen LogP contribution in [0, 0.1) is 11.2 Å². The number of aryl methyl sites for hydroxylation is 1. The van der Waals surface area contributed by atoms with Crippen molar-refractivity contribution in [1.82, 2.24) is 0 Å². The number of benzene rings is 1. The Labute approximate surface area is 117 Å². The minimum Gasteiger partial charge on any atom is -0.207 e. The van der Waals surface area contributed by atoms with Gasteiger partial charge in [0.05, 0.1) is 0 Å². The van der Waals surface area contributed by atoms with E-state index in [9.17, 15) is 4.39 Å². The van der Waals surface area contributed by atoms with Crippen molar-refractivity contribution in [3.05, 3.63) is 34.1 Å². The molecule has 0 aromatic heterocycles. The van der Waals surface area contributed by atoms with Crippen LogP contribution in [0.5, 0.6) is 0 Å². The van der Waals surface area contributed by atoms with Gasteiger partial charge in [-0.15, -0.1) is 11.6 Å². The summed E-state index contributed by atoms with van der Waals surface area (Å²) in [5.41, 5.74) is 1.28. The molecule has 0 aliphatic rings. The van der Waals surface area contributed by atoms with Crippen LogP contribution in [0.2, 0.25) is 0 Å². The highest BCUT2D eigenvalue weighted by molar-refractivity contribution is 9.10. The number of hydrogen-bond donors (Lipinski definition) is 0. The molecule has 0 spiro atoms. The molecule has 0 radical (unpaired) electrons. The Kier molecular flexibility index (Phi) is 5.46. The summed E-state index contributed by atoms with van der Waals surface area (Å²) in [6, 6.07) is 4.85. The van der Waals surface area contributed by atoms with E-state index in [1.54, 1.807) is 0 Å². The van der Waals surface area contributed by atoms with Gasteiger partial charge in [0.25, 0.3) is 0 Å². The maximum atomic E-state index is 12.9. The Morgan fingerprint density at radius 1 is 1.35 bits per heavy atom. The molecule has 17 heavy (non-hydrogen) atoms. The zero-order valence-electron chi connectivity index (χ0n) is 10.6. The molecule has 0 nitrogen and oxygen atoms in total. The van der Waals surface area contributed by atoms with Crippen LogP contribution < -0.4 is 0 Å². The lowest BCUT2D eigenvalue weighted by Gasteiger charge is -2.25. The number of halogens is 3. The summed E-state index contributed by atoms with van der Waals surface area (Å²) in [5, 5.41) is 0.182. The third kappa shape index (κ3) is 4.97. The molecule has 96 valence electrons. The summed E-state index contributed by atoms with van der Waals surface area (Å²) in [6.07, 6.45) is 2.94. The Balaban J connectivity index is 2.46. The van der Waals surface area contributed by atoms with Crippen LogP contribution in [-0.2, 0) is 6.42 Å². The maximum Gasteiger partial charge on any atom is 0.124 e. The lowest BCUT2D eigenvalue weighted by molar-refractivity contribution is 0.369. The van der Waals surface area contributed by atoms with E-state index in [2.05, 4.69) is 36.7 Å². The first kappa shape index (κ1) is 15.0. The second kappa shape index (κ2) is 6.19. The van der Waals surface area contributed by atoms with Gasteiger partial charge in [-0.3, -0.25) is 0 Å². The molecule has 1 unspecified atom stereocenters. The zero-order chi connectivity index (χ0) is 13.1. The average Bonchev–Trinajstić information content (AvgIpc) is 2.19. The molecule has 3 heteroatoms. The highest BCUT2D eigenvalue weighted by atomic mass is 79.9. The number of alkyl halides is 1. The average molecular weight is 322 g/mol. The zero-order valence-corrected chi connectivity index (χ0v) is 12.9. The van der Waals surface area contributed by atoms with Crippen molar-refractivity contribution in [1.29, 1.82) is 0 Å². The molecule has 0 saturated heterocycles. The molecule has 0 amide bonds. The van der Waals surface area contributed by atoms with Gasteiger partial charge in [0.2, 0.25) is 0 Å². The van der Waals surface area contributed by atoms with Crippen molar-refractivity contribution in [2.45, 2.75) is 45.4 Å². The molecule has 0 saturated carbocycles. The molecule has 1 aromatic rings. The normalized spacial score (nSPS) is 13.8. The standard InChI is InChI=1S/C14H19BrClF/c1-14(2,3)13(16)6-4-5-10-7-8-11(17)9-12(10)15/h7-9,13H,4-6H2,1-3H3. The predicted molar refractivity (Wildman–Crippen MR) is 76.1 cm³/mol. The fourth-order valence-electron chi connectivity index (χ4n) is 1.63. The summed E-state index contributed by atoms with van der Waals surface area (Å²) in [6.45, 7) is 6.45. The van der Waals surface area contributed by atoms with E-state index >= 15 is 0 Å². The largest absolute Gasteiger partial charge is 0.207 e. The summed E-state index contributed by atoms with van der Waals surface area (Å²) in [4.78, 5) is 0. The number of rotatable bonds is 4. The van der Waals surface area contributed by atoms with E-state index in [0.29, 0.717) is 0 Å². The molecule has 0 heterocycles. The summed E-state index contributed by atoms with van der Waals surface area (Å²) in [7, 11) is 0. The van der Waals surface area contributed by atoms with Gasteiger partial charge in [-0.05, 0) is 42.4 Å². The smallest absolute Gasteiger partial charge is 0.124 e. The van der Waals surface area contributed by atoms with Crippen molar-refractivity contribution >= 4 is 27.5 Å². The van der Waals surface area contributed by atoms with Crippen molar-refractivity contribution in [3.8, 4) is 0 Å². The monoisotopic (exact) mass is 320 g/mol. The van der Waals surface area contributed by atoms with Gasteiger partial charge in [-0.25, -0.2) is 4.39 Å². The molecule has 0 aliphatic heterocycles. The molecular weight excluding hydrogens is 303 g/mol. The second-order valence-electron chi connectivity index (χ2n) is 5.46. The third-order valence-corrected chi connectivity index (χ3v) is 4.47. The third-order valence-electron chi connectivity index (χ3n) is 2.86. The van der Waals surface area contributed by atoms with Crippen LogP contribution in [0.25, 0.3) is 0 Å². The van der Waals surface area contributed by atoms with Crippen molar-refractivity contribution in [2.24, 2.45) is 5.41 Å². The maximum absolute atomic E-state index is 12.9. The van der Waals surface area contributed by atoms with E-state index in [0.717, 1.165) is 29.3 Å². The lowest BCUT2D eigenvalue weighted by atomic mass is 9.88. The molecule has 1 atom stereocenters. The highest BCUT2D eigenvalue weighted by Crippen LogP contribution is 2.29.